The molecule has 0 aromatic heterocycles. The van der Waals surface area contributed by atoms with Crippen molar-refractivity contribution < 1.29 is 23.9 Å². The molecule has 0 heterocycles. The zero-order valence-electron chi connectivity index (χ0n) is 18.2. The number of carbonyl (C=O) groups excluding carboxylic acids is 3. The second kappa shape index (κ2) is 11.0. The lowest BCUT2D eigenvalue weighted by atomic mass is 9.96. The summed E-state index contributed by atoms with van der Waals surface area (Å²) in [6.07, 6.45) is 2.58. The Bertz CT molecular complexity index is 943. The van der Waals surface area contributed by atoms with Gasteiger partial charge in [0.15, 0.2) is 0 Å². The van der Waals surface area contributed by atoms with E-state index in [1.807, 2.05) is 32.9 Å². The normalized spacial score (nSPS) is 11.1. The minimum atomic E-state index is -0.794. The van der Waals surface area contributed by atoms with Crippen molar-refractivity contribution in [1.82, 2.24) is 5.32 Å². The number of ether oxygens (including phenoxy) is 2. The summed E-state index contributed by atoms with van der Waals surface area (Å²) >= 11 is 0. The van der Waals surface area contributed by atoms with Gasteiger partial charge in [-0.15, -0.1) is 0 Å². The van der Waals surface area contributed by atoms with Gasteiger partial charge in [0.2, 0.25) is 5.91 Å². The Morgan fingerprint density at radius 2 is 1.74 bits per heavy atom. The van der Waals surface area contributed by atoms with Crippen LogP contribution in [0.5, 0.6) is 5.75 Å². The first-order valence-corrected chi connectivity index (χ1v) is 9.98. The lowest BCUT2D eigenvalue weighted by Gasteiger charge is -2.11. The summed E-state index contributed by atoms with van der Waals surface area (Å²) in [5.74, 6) is -0.195. The third-order valence-corrected chi connectivity index (χ3v) is 3.97. The van der Waals surface area contributed by atoms with Gasteiger partial charge in [-0.3, -0.25) is 9.59 Å². The highest BCUT2D eigenvalue weighted by Gasteiger charge is 2.10. The van der Waals surface area contributed by atoms with Gasteiger partial charge in [0, 0.05) is 17.8 Å². The molecule has 0 fully saturated rings. The summed E-state index contributed by atoms with van der Waals surface area (Å²) in [6.45, 7) is 8.30. The van der Waals surface area contributed by atoms with Crippen LogP contribution in [-0.2, 0) is 16.1 Å². The van der Waals surface area contributed by atoms with Crippen molar-refractivity contribution in [2.75, 3.05) is 11.9 Å². The molecule has 164 valence electrons. The molecule has 0 saturated heterocycles. The van der Waals surface area contributed by atoms with Crippen LogP contribution in [0, 0.1) is 5.41 Å². The number of rotatable bonds is 7. The van der Waals surface area contributed by atoms with Crippen LogP contribution in [0.2, 0.25) is 0 Å². The smallest absolute Gasteiger partial charge is 0.434 e. The molecule has 7 heteroatoms. The van der Waals surface area contributed by atoms with Crippen LogP contribution in [0.3, 0.4) is 0 Å². The van der Waals surface area contributed by atoms with Crippen molar-refractivity contribution in [3.63, 3.8) is 0 Å². The third-order valence-electron chi connectivity index (χ3n) is 3.97. The van der Waals surface area contributed by atoms with E-state index in [1.165, 1.54) is 18.2 Å². The lowest BCUT2D eigenvalue weighted by Crippen LogP contribution is -2.21. The Morgan fingerprint density at radius 1 is 1.03 bits per heavy atom. The standard InChI is InChI=1S/C24H28N2O5/c1-5-30-23(29)31-20-11-9-18(10-12-20)22(28)26-19-8-6-7-17(15-19)16-25-21(27)13-14-24(2,3)4/h6-15H,5,16H2,1-4H3,(H,25,27)(H,26,28)/b14-13+. The van der Waals surface area contributed by atoms with Crippen molar-refractivity contribution >= 4 is 23.7 Å². The molecule has 0 bridgehead atoms. The second-order valence-corrected chi connectivity index (χ2v) is 7.88. The van der Waals surface area contributed by atoms with Gasteiger partial charge in [-0.25, -0.2) is 4.79 Å². The van der Waals surface area contributed by atoms with Crippen LogP contribution >= 0.6 is 0 Å². The van der Waals surface area contributed by atoms with Gasteiger partial charge in [0.05, 0.1) is 6.61 Å². The summed E-state index contributed by atoms with van der Waals surface area (Å²) in [7, 11) is 0. The van der Waals surface area contributed by atoms with Crippen LogP contribution in [0.1, 0.15) is 43.6 Å². The topological polar surface area (TPSA) is 93.7 Å². The van der Waals surface area contributed by atoms with E-state index in [0.717, 1.165) is 5.56 Å². The first-order chi connectivity index (χ1) is 14.7. The number of benzene rings is 2. The molecule has 2 rings (SSSR count). The number of hydrogen-bond acceptors (Lipinski definition) is 5. The molecule has 0 atom stereocenters. The first-order valence-electron chi connectivity index (χ1n) is 9.98. The predicted molar refractivity (Wildman–Crippen MR) is 119 cm³/mol. The molecular formula is C24H28N2O5. The molecule has 2 N–H and O–H groups in total. The Hall–Kier alpha value is -3.61. The fourth-order valence-corrected chi connectivity index (χ4v) is 2.45. The number of amides is 2. The summed E-state index contributed by atoms with van der Waals surface area (Å²) in [5, 5.41) is 5.64. The Kier molecular flexibility index (Phi) is 8.37. The molecule has 2 aromatic rings. The molecule has 0 saturated carbocycles. The average Bonchev–Trinajstić information content (AvgIpc) is 2.71. The predicted octanol–water partition coefficient (Wildman–Crippen LogP) is 4.69. The molecular weight excluding hydrogens is 396 g/mol. The van der Waals surface area contributed by atoms with E-state index in [-0.39, 0.29) is 29.6 Å². The van der Waals surface area contributed by atoms with E-state index in [0.29, 0.717) is 17.8 Å². The highest BCUT2D eigenvalue weighted by Crippen LogP contribution is 2.16. The molecule has 0 unspecified atom stereocenters. The van der Waals surface area contributed by atoms with Gasteiger partial charge >= 0.3 is 6.16 Å². The fraction of sp³-hybridized carbons (Fsp3) is 0.292. The van der Waals surface area contributed by atoms with Gasteiger partial charge < -0.3 is 20.1 Å². The largest absolute Gasteiger partial charge is 0.513 e. The van der Waals surface area contributed by atoms with Gasteiger partial charge in [0.25, 0.3) is 5.91 Å². The summed E-state index contributed by atoms with van der Waals surface area (Å²) in [6, 6.07) is 13.4. The van der Waals surface area contributed by atoms with Gasteiger partial charge in [-0.2, -0.15) is 0 Å². The van der Waals surface area contributed by atoms with Gasteiger partial charge in [-0.05, 0) is 60.4 Å². The van der Waals surface area contributed by atoms with Gasteiger partial charge in [0.1, 0.15) is 5.75 Å². The quantitative estimate of drug-likeness (QED) is 0.382. The van der Waals surface area contributed by atoms with Crippen LogP contribution in [0.25, 0.3) is 0 Å². The van der Waals surface area contributed by atoms with Crippen LogP contribution in [-0.4, -0.2) is 24.6 Å². The molecule has 7 nitrogen and oxygen atoms in total. The maximum Gasteiger partial charge on any atom is 0.513 e. The maximum atomic E-state index is 12.5. The summed E-state index contributed by atoms with van der Waals surface area (Å²) < 4.78 is 9.68. The van der Waals surface area contributed by atoms with Gasteiger partial charge in [-0.1, -0.05) is 39.0 Å². The maximum absolute atomic E-state index is 12.5. The minimum Gasteiger partial charge on any atom is -0.434 e. The number of nitrogens with one attached hydrogen (secondary N) is 2. The van der Waals surface area contributed by atoms with Crippen molar-refractivity contribution in [1.29, 1.82) is 0 Å². The van der Waals surface area contributed by atoms with Crippen molar-refractivity contribution in [2.45, 2.75) is 34.2 Å². The highest BCUT2D eigenvalue weighted by molar-refractivity contribution is 6.04. The van der Waals surface area contributed by atoms with Crippen LogP contribution < -0.4 is 15.4 Å². The molecule has 0 radical (unpaired) electrons. The summed E-state index contributed by atoms with van der Waals surface area (Å²) in [4.78, 5) is 35.7. The molecule has 2 amide bonds. The average molecular weight is 424 g/mol. The SMILES string of the molecule is CCOC(=O)Oc1ccc(C(=O)Nc2cccc(CNC(=O)/C=C/C(C)(C)C)c2)cc1. The van der Waals surface area contributed by atoms with E-state index in [4.69, 9.17) is 9.47 Å². The second-order valence-electron chi connectivity index (χ2n) is 7.88. The Morgan fingerprint density at radius 3 is 2.39 bits per heavy atom. The zero-order valence-corrected chi connectivity index (χ0v) is 18.2. The molecule has 0 aliphatic heterocycles. The summed E-state index contributed by atoms with van der Waals surface area (Å²) in [5.41, 5.74) is 1.80. The van der Waals surface area contributed by atoms with Crippen molar-refractivity contribution in [3.8, 4) is 5.75 Å². The number of carbonyl (C=O) groups is 3. The highest BCUT2D eigenvalue weighted by atomic mass is 16.7. The molecule has 0 aliphatic rings. The molecule has 0 spiro atoms. The zero-order chi connectivity index (χ0) is 22.9. The van der Waals surface area contributed by atoms with Crippen LogP contribution in [0.4, 0.5) is 10.5 Å². The van der Waals surface area contributed by atoms with E-state index in [2.05, 4.69) is 10.6 Å². The monoisotopic (exact) mass is 424 g/mol. The number of hydrogen-bond donors (Lipinski definition) is 2. The minimum absolute atomic E-state index is 0.0648. The molecule has 31 heavy (non-hydrogen) atoms. The number of anilines is 1. The fourth-order valence-electron chi connectivity index (χ4n) is 2.45. The Balaban J connectivity index is 1.93. The van der Waals surface area contributed by atoms with Crippen molar-refractivity contribution in [2.24, 2.45) is 5.41 Å². The lowest BCUT2D eigenvalue weighted by molar-refractivity contribution is -0.116. The van der Waals surface area contributed by atoms with E-state index < -0.39 is 6.16 Å². The molecule has 2 aromatic carbocycles. The first kappa shape index (κ1) is 23.7. The van der Waals surface area contributed by atoms with Crippen molar-refractivity contribution in [3.05, 3.63) is 71.8 Å². The van der Waals surface area contributed by atoms with E-state index >= 15 is 0 Å². The molecule has 0 aliphatic carbocycles. The Labute approximate surface area is 182 Å². The third kappa shape index (κ3) is 8.74. The number of allylic oxidation sites excluding steroid dienone is 1. The van der Waals surface area contributed by atoms with Crippen LogP contribution in [0.15, 0.2) is 60.7 Å². The van der Waals surface area contributed by atoms with E-state index in [1.54, 1.807) is 37.3 Å². The van der Waals surface area contributed by atoms with E-state index in [9.17, 15) is 14.4 Å².